The van der Waals surface area contributed by atoms with E-state index in [9.17, 15) is 18.8 Å². The lowest BCUT2D eigenvalue weighted by Gasteiger charge is -2.26. The van der Waals surface area contributed by atoms with Gasteiger partial charge >= 0.3 is 5.69 Å². The first-order valence-corrected chi connectivity index (χ1v) is 9.97. The number of nitrogens with one attached hydrogen (secondary N) is 3. The van der Waals surface area contributed by atoms with Crippen LogP contribution in [0.25, 0.3) is 0 Å². The highest BCUT2D eigenvalue weighted by Gasteiger charge is 2.18. The van der Waals surface area contributed by atoms with Crippen molar-refractivity contribution in [3.05, 3.63) is 56.5 Å². The average Bonchev–Trinajstić information content (AvgIpc) is 2.74. The van der Waals surface area contributed by atoms with Gasteiger partial charge in [0, 0.05) is 38.3 Å². The summed E-state index contributed by atoms with van der Waals surface area (Å²) in [7, 11) is 0. The van der Waals surface area contributed by atoms with Gasteiger partial charge in [0.05, 0.1) is 13.2 Å². The molecule has 162 valence electrons. The van der Waals surface area contributed by atoms with Gasteiger partial charge in [0.2, 0.25) is 0 Å². The highest BCUT2D eigenvalue weighted by Crippen LogP contribution is 2.17. The van der Waals surface area contributed by atoms with E-state index in [0.29, 0.717) is 39.3 Å². The molecule has 10 heteroatoms. The second-order valence-electron chi connectivity index (χ2n) is 6.98. The molecule has 3 rings (SSSR count). The molecule has 1 saturated heterocycles. The monoisotopic (exact) mass is 419 g/mol. The molecule has 1 fully saturated rings. The highest BCUT2D eigenvalue weighted by atomic mass is 19.1. The van der Waals surface area contributed by atoms with Crippen molar-refractivity contribution in [2.24, 2.45) is 0 Å². The topological polar surface area (TPSA) is 108 Å². The molecular weight excluding hydrogens is 393 g/mol. The Hall–Kier alpha value is -2.98. The van der Waals surface area contributed by atoms with Crippen LogP contribution in [0.1, 0.15) is 23.7 Å². The van der Waals surface area contributed by atoms with Gasteiger partial charge in [0.25, 0.3) is 11.5 Å². The summed E-state index contributed by atoms with van der Waals surface area (Å²) in [5.74, 6) is -0.904. The highest BCUT2D eigenvalue weighted by molar-refractivity contribution is 6.05. The van der Waals surface area contributed by atoms with E-state index in [1.54, 1.807) is 0 Å². The molecule has 0 aliphatic carbocycles. The van der Waals surface area contributed by atoms with Crippen molar-refractivity contribution in [2.75, 3.05) is 50.0 Å². The molecule has 1 aliphatic rings. The summed E-state index contributed by atoms with van der Waals surface area (Å²) in [5.41, 5.74) is -0.878. The van der Waals surface area contributed by atoms with Crippen LogP contribution in [0.5, 0.6) is 0 Å². The third kappa shape index (κ3) is 5.33. The standard InChI is InChI=1S/C20H26FN5O4/c1-2-8-26-17(23-18(27)14-3-5-15(21)6-4-14)16(19(28)24-20(26)29)22-7-9-25-10-12-30-13-11-25/h3-6,22H,2,7-13H2,1H3,(H,23,27)(H,24,28,29). The molecule has 2 aromatic rings. The van der Waals surface area contributed by atoms with E-state index >= 15 is 0 Å². The van der Waals surface area contributed by atoms with Gasteiger partial charge in [-0.05, 0) is 30.7 Å². The molecule has 3 N–H and O–H groups in total. The van der Waals surface area contributed by atoms with Crippen molar-refractivity contribution >= 4 is 17.4 Å². The Morgan fingerprint density at radius 2 is 1.87 bits per heavy atom. The molecule has 0 unspecified atom stereocenters. The smallest absolute Gasteiger partial charge is 0.330 e. The Morgan fingerprint density at radius 1 is 1.17 bits per heavy atom. The maximum absolute atomic E-state index is 13.2. The number of hydrogen-bond acceptors (Lipinski definition) is 6. The molecule has 0 radical (unpaired) electrons. The van der Waals surface area contributed by atoms with Crippen LogP contribution in [0.15, 0.2) is 33.9 Å². The van der Waals surface area contributed by atoms with Crippen molar-refractivity contribution in [2.45, 2.75) is 19.9 Å². The first kappa shape index (κ1) is 21.7. The number of carbonyl (C=O) groups excluding carboxylic acids is 1. The lowest BCUT2D eigenvalue weighted by atomic mass is 10.2. The second-order valence-corrected chi connectivity index (χ2v) is 6.98. The second kappa shape index (κ2) is 10.2. The van der Waals surface area contributed by atoms with Gasteiger partial charge in [-0.15, -0.1) is 0 Å². The number of hydrogen-bond donors (Lipinski definition) is 3. The maximum Gasteiger partial charge on any atom is 0.330 e. The molecule has 30 heavy (non-hydrogen) atoms. The van der Waals surface area contributed by atoms with Gasteiger partial charge in [-0.25, -0.2) is 9.18 Å². The number of amides is 1. The molecule has 1 aromatic carbocycles. The quantitative estimate of drug-likeness (QED) is 0.591. The van der Waals surface area contributed by atoms with Crippen LogP contribution >= 0.6 is 0 Å². The first-order valence-electron chi connectivity index (χ1n) is 9.97. The van der Waals surface area contributed by atoms with Gasteiger partial charge in [0.15, 0.2) is 0 Å². The van der Waals surface area contributed by atoms with E-state index in [0.717, 1.165) is 13.1 Å². The van der Waals surface area contributed by atoms with Crippen molar-refractivity contribution in [3.63, 3.8) is 0 Å². The molecule has 9 nitrogen and oxygen atoms in total. The number of aromatic nitrogens is 2. The number of morpholine rings is 1. The molecule has 1 amide bonds. The van der Waals surface area contributed by atoms with Crippen LogP contribution in [0, 0.1) is 5.82 Å². The molecule has 0 saturated carbocycles. The van der Waals surface area contributed by atoms with Crippen molar-refractivity contribution in [1.29, 1.82) is 0 Å². The predicted molar refractivity (Wildman–Crippen MR) is 112 cm³/mol. The minimum atomic E-state index is -0.608. The summed E-state index contributed by atoms with van der Waals surface area (Å²) < 4.78 is 19.8. The number of carbonyl (C=O) groups is 1. The van der Waals surface area contributed by atoms with E-state index in [1.807, 2.05) is 6.92 Å². The number of nitrogens with zero attached hydrogens (tertiary/aromatic N) is 2. The summed E-state index contributed by atoms with van der Waals surface area (Å²) in [4.78, 5) is 42.0. The Morgan fingerprint density at radius 3 is 2.53 bits per heavy atom. The summed E-state index contributed by atoms with van der Waals surface area (Å²) >= 11 is 0. The van der Waals surface area contributed by atoms with Crippen molar-refractivity contribution in [3.8, 4) is 0 Å². The van der Waals surface area contributed by atoms with Crippen LogP contribution in [0.2, 0.25) is 0 Å². The van der Waals surface area contributed by atoms with Crippen molar-refractivity contribution < 1.29 is 13.9 Å². The number of ether oxygens (including phenoxy) is 1. The fourth-order valence-electron chi connectivity index (χ4n) is 3.25. The van der Waals surface area contributed by atoms with Gasteiger partial charge in [-0.1, -0.05) is 6.92 Å². The van der Waals surface area contributed by atoms with E-state index in [1.165, 1.54) is 28.8 Å². The molecular formula is C20H26FN5O4. The summed E-state index contributed by atoms with van der Waals surface area (Å²) in [6, 6.07) is 5.03. The summed E-state index contributed by atoms with van der Waals surface area (Å²) in [5, 5.41) is 5.72. The third-order valence-electron chi connectivity index (χ3n) is 4.82. The fourth-order valence-corrected chi connectivity index (χ4v) is 3.25. The zero-order chi connectivity index (χ0) is 21.5. The molecule has 1 aromatic heterocycles. The van der Waals surface area contributed by atoms with Crippen LogP contribution in [-0.2, 0) is 11.3 Å². The molecule has 0 spiro atoms. The predicted octanol–water partition coefficient (Wildman–Crippen LogP) is 1.08. The van der Waals surface area contributed by atoms with Crippen LogP contribution in [0.4, 0.5) is 15.9 Å². The number of benzene rings is 1. The summed E-state index contributed by atoms with van der Waals surface area (Å²) in [6.07, 6.45) is 0.624. The van der Waals surface area contributed by atoms with E-state index in [-0.39, 0.29) is 17.1 Å². The Labute approximate surface area is 172 Å². The normalized spacial score (nSPS) is 14.5. The van der Waals surface area contributed by atoms with Crippen LogP contribution in [0.3, 0.4) is 0 Å². The molecule has 0 bridgehead atoms. The largest absolute Gasteiger partial charge is 0.379 e. The average molecular weight is 419 g/mol. The van der Waals surface area contributed by atoms with Crippen LogP contribution in [-0.4, -0.2) is 59.8 Å². The molecule has 1 aliphatic heterocycles. The minimum Gasteiger partial charge on any atom is -0.379 e. The Balaban J connectivity index is 1.85. The molecule has 0 atom stereocenters. The lowest BCUT2D eigenvalue weighted by Crippen LogP contribution is -2.40. The maximum atomic E-state index is 13.2. The Bertz CT molecular complexity index is 980. The van der Waals surface area contributed by atoms with Crippen LogP contribution < -0.4 is 21.9 Å². The minimum absolute atomic E-state index is 0.0990. The van der Waals surface area contributed by atoms with Gasteiger partial charge in [-0.3, -0.25) is 24.0 Å². The number of rotatable bonds is 8. The lowest BCUT2D eigenvalue weighted by molar-refractivity contribution is 0.0398. The fraction of sp³-hybridized carbons (Fsp3) is 0.450. The SMILES string of the molecule is CCCn1c(NC(=O)c2ccc(F)cc2)c(NCCN2CCOCC2)c(=O)[nH]c1=O. The van der Waals surface area contributed by atoms with E-state index in [4.69, 9.17) is 4.74 Å². The first-order chi connectivity index (χ1) is 14.5. The zero-order valence-electron chi connectivity index (χ0n) is 16.9. The number of H-pyrrole nitrogens is 1. The zero-order valence-corrected chi connectivity index (χ0v) is 16.9. The summed E-state index contributed by atoms with van der Waals surface area (Å²) in [6.45, 7) is 6.28. The van der Waals surface area contributed by atoms with Gasteiger partial charge in [-0.2, -0.15) is 0 Å². The van der Waals surface area contributed by atoms with Crippen molar-refractivity contribution in [1.82, 2.24) is 14.5 Å². The number of halogens is 1. The van der Waals surface area contributed by atoms with Gasteiger partial charge < -0.3 is 15.4 Å². The number of anilines is 2. The van der Waals surface area contributed by atoms with Gasteiger partial charge in [0.1, 0.15) is 17.3 Å². The van der Waals surface area contributed by atoms with E-state index in [2.05, 4.69) is 20.5 Å². The number of aromatic amines is 1. The van der Waals surface area contributed by atoms with E-state index < -0.39 is 23.0 Å². The Kier molecular flexibility index (Phi) is 7.36. The third-order valence-corrected chi connectivity index (χ3v) is 4.82. The molecule has 2 heterocycles.